The van der Waals surface area contributed by atoms with Gasteiger partial charge >= 0.3 is 0 Å². The Bertz CT molecular complexity index is 1310. The number of amides is 2. The zero-order valence-electron chi connectivity index (χ0n) is 19.6. The first-order valence-corrected chi connectivity index (χ1v) is 12.8. The Morgan fingerprint density at radius 2 is 1.25 bits per heavy atom. The van der Waals surface area contributed by atoms with Crippen LogP contribution in [-0.4, -0.2) is 11.8 Å². The van der Waals surface area contributed by atoms with Crippen molar-refractivity contribution in [3.05, 3.63) is 115 Å². The van der Waals surface area contributed by atoms with Crippen molar-refractivity contribution < 1.29 is 14.3 Å². The van der Waals surface area contributed by atoms with Crippen LogP contribution >= 0.6 is 11.8 Å². The van der Waals surface area contributed by atoms with Gasteiger partial charge in [-0.05, 0) is 79.1 Å². The highest BCUT2D eigenvalue weighted by atomic mass is 32.2. The number of hydrogen-bond donors (Lipinski definition) is 2. The third-order valence-corrected chi connectivity index (χ3v) is 7.03. The molecule has 4 aromatic carbocycles. The molecule has 0 saturated heterocycles. The molecule has 180 valence electrons. The lowest BCUT2D eigenvalue weighted by atomic mass is 10.1. The van der Waals surface area contributed by atoms with E-state index in [-0.39, 0.29) is 17.7 Å². The summed E-state index contributed by atoms with van der Waals surface area (Å²) in [5, 5.41) is 5.54. The van der Waals surface area contributed by atoms with Crippen LogP contribution in [0.25, 0.3) is 0 Å². The monoisotopic (exact) mass is 494 g/mol. The number of anilines is 2. The minimum Gasteiger partial charge on any atom is -0.457 e. The standard InChI is InChI=1S/C30H26N2O3S/c33-29(22-11-12-22)31-24-15-19-27(20-16-24)36-28(21-7-3-1-4-8-21)30(34)32-23-13-17-26(18-14-23)35-25-9-5-2-6-10-25/h1-10,13-20,22,28H,11-12H2,(H,31,33)(H,32,34). The quantitative estimate of drug-likeness (QED) is 0.240. The van der Waals surface area contributed by atoms with Gasteiger partial charge in [0.05, 0.1) is 0 Å². The number of nitrogens with one attached hydrogen (secondary N) is 2. The van der Waals surface area contributed by atoms with Crippen molar-refractivity contribution in [2.24, 2.45) is 5.92 Å². The van der Waals surface area contributed by atoms with Gasteiger partial charge in [-0.1, -0.05) is 48.5 Å². The van der Waals surface area contributed by atoms with Crippen LogP contribution in [0.3, 0.4) is 0 Å². The minimum absolute atomic E-state index is 0.0807. The van der Waals surface area contributed by atoms with Crippen molar-refractivity contribution in [3.8, 4) is 11.5 Å². The molecular weight excluding hydrogens is 468 g/mol. The molecule has 2 amide bonds. The molecule has 0 bridgehead atoms. The number of rotatable bonds is 9. The molecule has 1 aliphatic rings. The topological polar surface area (TPSA) is 67.4 Å². The smallest absolute Gasteiger partial charge is 0.242 e. The first kappa shape index (κ1) is 23.7. The zero-order valence-corrected chi connectivity index (χ0v) is 20.4. The number of para-hydroxylation sites is 1. The normalized spacial score (nSPS) is 13.4. The van der Waals surface area contributed by atoms with Crippen molar-refractivity contribution in [1.82, 2.24) is 0 Å². The van der Waals surface area contributed by atoms with Gasteiger partial charge in [-0.15, -0.1) is 11.8 Å². The fourth-order valence-electron chi connectivity index (χ4n) is 3.68. The van der Waals surface area contributed by atoms with E-state index in [1.54, 1.807) is 0 Å². The van der Waals surface area contributed by atoms with Gasteiger partial charge in [-0.25, -0.2) is 0 Å². The Kier molecular flexibility index (Phi) is 7.33. The van der Waals surface area contributed by atoms with Gasteiger partial charge in [0.2, 0.25) is 11.8 Å². The van der Waals surface area contributed by atoms with E-state index in [2.05, 4.69) is 10.6 Å². The van der Waals surface area contributed by atoms with Gasteiger partial charge in [0.1, 0.15) is 16.7 Å². The molecule has 0 heterocycles. The summed E-state index contributed by atoms with van der Waals surface area (Å²) >= 11 is 1.47. The number of hydrogen-bond acceptors (Lipinski definition) is 4. The van der Waals surface area contributed by atoms with Gasteiger partial charge in [0.15, 0.2) is 0 Å². The van der Waals surface area contributed by atoms with E-state index in [1.165, 1.54) is 11.8 Å². The fourth-order valence-corrected chi connectivity index (χ4v) is 4.71. The molecule has 0 spiro atoms. The second-order valence-electron chi connectivity index (χ2n) is 8.63. The predicted octanol–water partition coefficient (Wildman–Crippen LogP) is 7.30. The van der Waals surface area contributed by atoms with E-state index in [1.807, 2.05) is 109 Å². The van der Waals surface area contributed by atoms with Gasteiger partial charge in [-0.2, -0.15) is 0 Å². The molecule has 5 nitrogen and oxygen atoms in total. The van der Waals surface area contributed by atoms with Crippen molar-refractivity contribution in [3.63, 3.8) is 0 Å². The largest absolute Gasteiger partial charge is 0.457 e. The van der Waals surface area contributed by atoms with Gasteiger partial charge < -0.3 is 15.4 Å². The lowest BCUT2D eigenvalue weighted by Gasteiger charge is -2.17. The number of ether oxygens (including phenoxy) is 1. The Balaban J connectivity index is 1.26. The van der Waals surface area contributed by atoms with Crippen LogP contribution in [0.15, 0.2) is 114 Å². The van der Waals surface area contributed by atoms with Crippen LogP contribution < -0.4 is 15.4 Å². The molecule has 1 saturated carbocycles. The van der Waals surface area contributed by atoms with Crippen LogP contribution in [0.2, 0.25) is 0 Å². The molecule has 1 atom stereocenters. The zero-order chi connectivity index (χ0) is 24.7. The predicted molar refractivity (Wildman–Crippen MR) is 144 cm³/mol. The Labute approximate surface area is 214 Å². The van der Waals surface area contributed by atoms with Gasteiger partial charge in [-0.3, -0.25) is 9.59 Å². The second-order valence-corrected chi connectivity index (χ2v) is 9.80. The molecule has 6 heteroatoms. The highest BCUT2D eigenvalue weighted by Crippen LogP contribution is 2.37. The SMILES string of the molecule is O=C(Nc1ccc(SC(C(=O)Nc2ccc(Oc3ccccc3)cc2)c2ccccc2)cc1)C1CC1. The fraction of sp³-hybridized carbons (Fsp3) is 0.133. The van der Waals surface area contributed by atoms with Crippen molar-refractivity contribution >= 4 is 35.0 Å². The average molecular weight is 495 g/mol. The molecule has 5 rings (SSSR count). The molecule has 4 aromatic rings. The second kappa shape index (κ2) is 11.1. The summed E-state index contributed by atoms with van der Waals surface area (Å²) in [4.78, 5) is 26.3. The molecule has 1 unspecified atom stereocenters. The van der Waals surface area contributed by atoms with Crippen molar-refractivity contribution in [2.45, 2.75) is 23.0 Å². The third kappa shape index (κ3) is 6.34. The van der Waals surface area contributed by atoms with Crippen LogP contribution in [0, 0.1) is 5.92 Å². The number of carbonyl (C=O) groups is 2. The van der Waals surface area contributed by atoms with Crippen LogP contribution in [-0.2, 0) is 9.59 Å². The summed E-state index contributed by atoms with van der Waals surface area (Å²) in [6.45, 7) is 0. The van der Waals surface area contributed by atoms with E-state index in [9.17, 15) is 9.59 Å². The summed E-state index contributed by atoms with van der Waals surface area (Å²) in [6.07, 6.45) is 1.94. The van der Waals surface area contributed by atoms with E-state index in [0.717, 1.165) is 34.7 Å². The summed E-state index contributed by atoms with van der Waals surface area (Å²) < 4.78 is 5.84. The number of thioether (sulfide) groups is 1. The molecular formula is C30H26N2O3S. The average Bonchev–Trinajstić information content (AvgIpc) is 3.76. The van der Waals surface area contributed by atoms with Gasteiger partial charge in [0.25, 0.3) is 0 Å². The number of carbonyl (C=O) groups excluding carboxylic acids is 2. The Morgan fingerprint density at radius 3 is 1.89 bits per heavy atom. The molecule has 2 N–H and O–H groups in total. The lowest BCUT2D eigenvalue weighted by Crippen LogP contribution is -2.19. The van der Waals surface area contributed by atoms with E-state index in [0.29, 0.717) is 11.4 Å². The Hall–Kier alpha value is -4.03. The highest BCUT2D eigenvalue weighted by Gasteiger charge is 2.29. The summed E-state index contributed by atoms with van der Waals surface area (Å²) in [7, 11) is 0. The van der Waals surface area contributed by atoms with E-state index in [4.69, 9.17) is 4.74 Å². The van der Waals surface area contributed by atoms with Crippen LogP contribution in [0.5, 0.6) is 11.5 Å². The summed E-state index contributed by atoms with van der Waals surface area (Å²) in [6, 6.07) is 34.3. The maximum atomic E-state index is 13.4. The molecule has 1 aliphatic carbocycles. The van der Waals surface area contributed by atoms with Crippen LogP contribution in [0.4, 0.5) is 11.4 Å². The van der Waals surface area contributed by atoms with Crippen molar-refractivity contribution in [1.29, 1.82) is 0 Å². The first-order chi connectivity index (χ1) is 17.6. The summed E-state index contributed by atoms with van der Waals surface area (Å²) in [5.74, 6) is 1.57. The Morgan fingerprint density at radius 1 is 0.694 bits per heavy atom. The third-order valence-electron chi connectivity index (χ3n) is 5.77. The maximum Gasteiger partial charge on any atom is 0.242 e. The first-order valence-electron chi connectivity index (χ1n) is 11.9. The number of benzene rings is 4. The summed E-state index contributed by atoms with van der Waals surface area (Å²) in [5.41, 5.74) is 2.38. The lowest BCUT2D eigenvalue weighted by molar-refractivity contribution is -0.117. The van der Waals surface area contributed by atoms with E-state index >= 15 is 0 Å². The van der Waals surface area contributed by atoms with Crippen molar-refractivity contribution in [2.75, 3.05) is 10.6 Å². The molecule has 1 fully saturated rings. The molecule has 36 heavy (non-hydrogen) atoms. The molecule has 0 aromatic heterocycles. The maximum absolute atomic E-state index is 13.4. The molecule has 0 aliphatic heterocycles. The van der Waals surface area contributed by atoms with Gasteiger partial charge in [0, 0.05) is 22.2 Å². The minimum atomic E-state index is -0.446. The van der Waals surface area contributed by atoms with Crippen LogP contribution in [0.1, 0.15) is 23.7 Å². The highest BCUT2D eigenvalue weighted by molar-refractivity contribution is 8.00. The van der Waals surface area contributed by atoms with E-state index < -0.39 is 5.25 Å². The molecule has 0 radical (unpaired) electrons.